The molecule has 0 aliphatic carbocycles. The van der Waals surface area contributed by atoms with Gasteiger partial charge in [-0.25, -0.2) is 15.0 Å². The molecular formula is C10H12N4OS. The Bertz CT molecular complexity index is 447. The molecule has 1 unspecified atom stereocenters. The van der Waals surface area contributed by atoms with Crippen molar-refractivity contribution in [2.24, 2.45) is 0 Å². The van der Waals surface area contributed by atoms with E-state index in [0.29, 0.717) is 6.04 Å². The second-order valence-corrected chi connectivity index (χ2v) is 4.78. The molecule has 1 fully saturated rings. The molecule has 1 atom stereocenters. The topological polar surface area (TPSA) is 59.9 Å². The minimum atomic E-state index is 0.370. The molecule has 1 saturated heterocycles. The number of ether oxygens (including phenoxy) is 1. The SMILES string of the molecule is c1cnc2sc(CC3COCCN3)nc2n1. The Morgan fingerprint density at radius 1 is 1.44 bits per heavy atom. The van der Waals surface area contributed by atoms with Crippen LogP contribution >= 0.6 is 11.3 Å². The van der Waals surface area contributed by atoms with Gasteiger partial charge in [-0.1, -0.05) is 11.3 Å². The highest BCUT2D eigenvalue weighted by Crippen LogP contribution is 2.19. The van der Waals surface area contributed by atoms with E-state index in [-0.39, 0.29) is 0 Å². The Morgan fingerprint density at radius 2 is 2.38 bits per heavy atom. The van der Waals surface area contributed by atoms with Crippen molar-refractivity contribution >= 4 is 21.8 Å². The van der Waals surface area contributed by atoms with Crippen LogP contribution in [0.15, 0.2) is 12.4 Å². The summed E-state index contributed by atoms with van der Waals surface area (Å²) in [6.45, 7) is 2.49. The van der Waals surface area contributed by atoms with Crippen LogP contribution < -0.4 is 5.32 Å². The van der Waals surface area contributed by atoms with Gasteiger partial charge < -0.3 is 10.1 Å². The fourth-order valence-electron chi connectivity index (χ4n) is 1.77. The second-order valence-electron chi connectivity index (χ2n) is 3.72. The number of nitrogens with zero attached hydrogens (tertiary/aromatic N) is 3. The third-order valence-electron chi connectivity index (χ3n) is 2.51. The lowest BCUT2D eigenvalue weighted by Gasteiger charge is -2.22. The normalized spacial score (nSPS) is 21.4. The van der Waals surface area contributed by atoms with Crippen molar-refractivity contribution in [2.75, 3.05) is 19.8 Å². The Kier molecular flexibility index (Phi) is 2.77. The molecule has 0 amide bonds. The summed E-state index contributed by atoms with van der Waals surface area (Å²) < 4.78 is 5.41. The van der Waals surface area contributed by atoms with E-state index in [0.717, 1.165) is 41.7 Å². The monoisotopic (exact) mass is 236 g/mol. The number of thiazole rings is 1. The zero-order valence-corrected chi connectivity index (χ0v) is 9.54. The van der Waals surface area contributed by atoms with Crippen LogP contribution in [0.25, 0.3) is 10.5 Å². The molecule has 84 valence electrons. The molecule has 2 aromatic heterocycles. The minimum Gasteiger partial charge on any atom is -0.379 e. The van der Waals surface area contributed by atoms with E-state index in [9.17, 15) is 0 Å². The number of hydrogen-bond acceptors (Lipinski definition) is 6. The fraction of sp³-hybridized carbons (Fsp3) is 0.500. The van der Waals surface area contributed by atoms with Gasteiger partial charge in [0, 0.05) is 31.4 Å². The van der Waals surface area contributed by atoms with Crippen LogP contribution in [-0.4, -0.2) is 40.8 Å². The predicted octanol–water partition coefficient (Wildman–Crippen LogP) is 0.617. The molecule has 2 aromatic rings. The zero-order valence-electron chi connectivity index (χ0n) is 8.72. The largest absolute Gasteiger partial charge is 0.379 e. The molecule has 1 aliphatic rings. The van der Waals surface area contributed by atoms with E-state index < -0.39 is 0 Å². The van der Waals surface area contributed by atoms with Crippen LogP contribution in [0.5, 0.6) is 0 Å². The highest BCUT2D eigenvalue weighted by atomic mass is 32.1. The quantitative estimate of drug-likeness (QED) is 0.828. The van der Waals surface area contributed by atoms with Gasteiger partial charge in [-0.05, 0) is 0 Å². The molecule has 6 heteroatoms. The number of aromatic nitrogens is 3. The lowest BCUT2D eigenvalue weighted by molar-refractivity contribution is 0.0770. The van der Waals surface area contributed by atoms with Gasteiger partial charge in [0.05, 0.1) is 18.2 Å². The van der Waals surface area contributed by atoms with E-state index in [4.69, 9.17) is 4.74 Å². The van der Waals surface area contributed by atoms with Crippen molar-refractivity contribution in [1.29, 1.82) is 0 Å². The number of hydrogen-bond donors (Lipinski definition) is 1. The highest BCUT2D eigenvalue weighted by molar-refractivity contribution is 7.18. The summed E-state index contributed by atoms with van der Waals surface area (Å²) in [6, 6.07) is 0.370. The lowest BCUT2D eigenvalue weighted by atomic mass is 10.2. The molecule has 3 rings (SSSR count). The summed E-state index contributed by atoms with van der Waals surface area (Å²) >= 11 is 1.61. The van der Waals surface area contributed by atoms with Gasteiger partial charge >= 0.3 is 0 Å². The van der Waals surface area contributed by atoms with E-state index >= 15 is 0 Å². The first-order valence-corrected chi connectivity index (χ1v) is 6.11. The van der Waals surface area contributed by atoms with Crippen molar-refractivity contribution in [3.8, 4) is 0 Å². The van der Waals surface area contributed by atoms with Crippen molar-refractivity contribution in [2.45, 2.75) is 12.5 Å². The summed E-state index contributed by atoms with van der Waals surface area (Å²) in [4.78, 5) is 13.8. The van der Waals surface area contributed by atoms with Crippen LogP contribution in [-0.2, 0) is 11.2 Å². The molecule has 0 radical (unpaired) electrons. The standard InChI is InChI=1S/C10H12N4OS/c1-2-13-10-9(12-1)14-8(16-10)5-7-6-15-4-3-11-7/h1-2,7,11H,3-6H2. The Labute approximate surface area is 96.9 Å². The van der Waals surface area contributed by atoms with E-state index in [1.807, 2.05) is 0 Å². The van der Waals surface area contributed by atoms with Crippen molar-refractivity contribution in [3.05, 3.63) is 17.4 Å². The number of rotatable bonds is 2. The van der Waals surface area contributed by atoms with Crippen LogP contribution in [0.3, 0.4) is 0 Å². The molecule has 1 aliphatic heterocycles. The predicted molar refractivity (Wildman–Crippen MR) is 61.5 cm³/mol. The van der Waals surface area contributed by atoms with E-state index in [1.165, 1.54) is 0 Å². The molecule has 0 bridgehead atoms. The van der Waals surface area contributed by atoms with Crippen molar-refractivity contribution in [1.82, 2.24) is 20.3 Å². The molecule has 0 spiro atoms. The maximum Gasteiger partial charge on any atom is 0.189 e. The molecule has 0 saturated carbocycles. The summed E-state index contributed by atoms with van der Waals surface area (Å²) in [6.07, 6.45) is 4.27. The fourth-order valence-corrected chi connectivity index (χ4v) is 2.71. The number of nitrogens with one attached hydrogen (secondary N) is 1. The van der Waals surface area contributed by atoms with Crippen molar-refractivity contribution < 1.29 is 4.74 Å². The summed E-state index contributed by atoms with van der Waals surface area (Å²) in [5.74, 6) is 0. The summed E-state index contributed by atoms with van der Waals surface area (Å²) in [5, 5.41) is 4.49. The Hall–Kier alpha value is -1.11. The van der Waals surface area contributed by atoms with E-state index in [2.05, 4.69) is 20.3 Å². The van der Waals surface area contributed by atoms with Gasteiger partial charge in [-0.15, -0.1) is 0 Å². The summed E-state index contributed by atoms with van der Waals surface area (Å²) in [7, 11) is 0. The van der Waals surface area contributed by atoms with E-state index in [1.54, 1.807) is 23.7 Å². The third-order valence-corrected chi connectivity index (χ3v) is 3.49. The first-order valence-electron chi connectivity index (χ1n) is 5.29. The molecule has 5 nitrogen and oxygen atoms in total. The molecule has 1 N–H and O–H groups in total. The lowest BCUT2D eigenvalue weighted by Crippen LogP contribution is -2.42. The average molecular weight is 236 g/mol. The first-order chi connectivity index (χ1) is 7.92. The highest BCUT2D eigenvalue weighted by Gasteiger charge is 2.16. The van der Waals surface area contributed by atoms with Crippen molar-refractivity contribution in [3.63, 3.8) is 0 Å². The van der Waals surface area contributed by atoms with Gasteiger partial charge in [-0.3, -0.25) is 0 Å². The molecule has 3 heterocycles. The summed E-state index contributed by atoms with van der Waals surface area (Å²) in [5.41, 5.74) is 0.749. The smallest absolute Gasteiger partial charge is 0.189 e. The minimum absolute atomic E-state index is 0.370. The van der Waals surface area contributed by atoms with Gasteiger partial charge in [0.2, 0.25) is 0 Å². The maximum absolute atomic E-state index is 5.41. The third kappa shape index (κ3) is 2.04. The molecule has 0 aromatic carbocycles. The van der Waals surface area contributed by atoms with Gasteiger partial charge in [-0.2, -0.15) is 0 Å². The van der Waals surface area contributed by atoms with Crippen LogP contribution in [0, 0.1) is 0 Å². The van der Waals surface area contributed by atoms with Crippen LogP contribution in [0.2, 0.25) is 0 Å². The number of fused-ring (bicyclic) bond motifs is 1. The Morgan fingerprint density at radius 3 is 3.19 bits per heavy atom. The number of morpholine rings is 1. The van der Waals surface area contributed by atoms with Gasteiger partial charge in [0.15, 0.2) is 10.5 Å². The molecule has 16 heavy (non-hydrogen) atoms. The average Bonchev–Trinajstić information content (AvgIpc) is 2.72. The first kappa shape index (κ1) is 10.1. The Balaban J connectivity index is 1.78. The van der Waals surface area contributed by atoms with Gasteiger partial charge in [0.25, 0.3) is 0 Å². The van der Waals surface area contributed by atoms with Gasteiger partial charge in [0.1, 0.15) is 0 Å². The van der Waals surface area contributed by atoms with Crippen LogP contribution in [0.1, 0.15) is 5.01 Å². The zero-order chi connectivity index (χ0) is 10.8. The second kappa shape index (κ2) is 4.40. The molecular weight excluding hydrogens is 224 g/mol. The maximum atomic E-state index is 5.41. The van der Waals surface area contributed by atoms with Crippen LogP contribution in [0.4, 0.5) is 0 Å².